The van der Waals surface area contributed by atoms with E-state index in [9.17, 15) is 14.7 Å². The number of rotatable bonds is 6. The van der Waals surface area contributed by atoms with Crippen LogP contribution in [0.2, 0.25) is 0 Å². The molecule has 1 aliphatic rings. The van der Waals surface area contributed by atoms with Crippen molar-refractivity contribution in [1.29, 1.82) is 0 Å². The summed E-state index contributed by atoms with van der Waals surface area (Å²) in [6.45, 7) is 8.20. The van der Waals surface area contributed by atoms with Crippen LogP contribution in [-0.4, -0.2) is 37.8 Å². The van der Waals surface area contributed by atoms with Crippen LogP contribution in [0.5, 0.6) is 0 Å². The first-order chi connectivity index (χ1) is 10.9. The molecule has 23 heavy (non-hydrogen) atoms. The Kier molecular flexibility index (Phi) is 5.06. The highest BCUT2D eigenvalue weighted by Crippen LogP contribution is 2.28. The molecular weight excluding hydrogens is 296 g/mol. The number of hydrogen-bond donors (Lipinski definition) is 2. The Bertz CT molecular complexity index is 590. The first-order valence-electron chi connectivity index (χ1n) is 8.32. The normalized spacial score (nSPS) is 17.9. The van der Waals surface area contributed by atoms with E-state index in [1.165, 1.54) is 0 Å². The zero-order valence-electron chi connectivity index (χ0n) is 14.3. The van der Waals surface area contributed by atoms with Crippen molar-refractivity contribution in [1.82, 2.24) is 20.1 Å². The van der Waals surface area contributed by atoms with Crippen LogP contribution in [0, 0.1) is 5.41 Å². The SMILES string of the molecule is CCC(CC)(C(=O)O)C(=O)NC1CCc2nnc(C(C)C)n2C1. The summed E-state index contributed by atoms with van der Waals surface area (Å²) < 4.78 is 2.06. The van der Waals surface area contributed by atoms with E-state index in [1.807, 2.05) is 0 Å². The fourth-order valence-corrected chi connectivity index (χ4v) is 3.19. The van der Waals surface area contributed by atoms with E-state index in [0.29, 0.717) is 6.54 Å². The molecule has 1 aromatic heterocycles. The molecule has 0 saturated carbocycles. The van der Waals surface area contributed by atoms with Gasteiger partial charge >= 0.3 is 5.97 Å². The number of aryl methyl sites for hydroxylation is 1. The highest BCUT2D eigenvalue weighted by atomic mass is 16.4. The number of aliphatic carboxylic acids is 1. The number of carboxylic acids is 1. The van der Waals surface area contributed by atoms with Gasteiger partial charge in [-0.2, -0.15) is 0 Å². The Morgan fingerprint density at radius 3 is 2.52 bits per heavy atom. The summed E-state index contributed by atoms with van der Waals surface area (Å²) in [6.07, 6.45) is 2.06. The topological polar surface area (TPSA) is 97.1 Å². The molecule has 0 aromatic carbocycles. The van der Waals surface area contributed by atoms with Crippen molar-refractivity contribution in [2.75, 3.05) is 0 Å². The van der Waals surface area contributed by atoms with Gasteiger partial charge in [-0.15, -0.1) is 10.2 Å². The van der Waals surface area contributed by atoms with Crippen LogP contribution < -0.4 is 5.32 Å². The van der Waals surface area contributed by atoms with Gasteiger partial charge in [0.25, 0.3) is 0 Å². The Labute approximate surface area is 136 Å². The van der Waals surface area contributed by atoms with Crippen LogP contribution in [0.25, 0.3) is 0 Å². The third kappa shape index (κ3) is 3.09. The first-order valence-corrected chi connectivity index (χ1v) is 8.32. The number of carboxylic acid groups (broad SMARTS) is 1. The lowest BCUT2D eigenvalue weighted by atomic mass is 9.81. The first kappa shape index (κ1) is 17.4. The largest absolute Gasteiger partial charge is 0.480 e. The molecule has 2 N–H and O–H groups in total. The van der Waals surface area contributed by atoms with Crippen molar-refractivity contribution >= 4 is 11.9 Å². The Morgan fingerprint density at radius 2 is 2.00 bits per heavy atom. The molecule has 0 aliphatic carbocycles. The molecule has 7 heteroatoms. The van der Waals surface area contributed by atoms with Gasteiger partial charge in [-0.1, -0.05) is 27.7 Å². The van der Waals surface area contributed by atoms with Crippen molar-refractivity contribution < 1.29 is 14.7 Å². The lowest BCUT2D eigenvalue weighted by molar-refractivity contribution is -0.156. The second-order valence-electron chi connectivity index (χ2n) is 6.54. The van der Waals surface area contributed by atoms with Crippen LogP contribution in [0.3, 0.4) is 0 Å². The van der Waals surface area contributed by atoms with Crippen LogP contribution in [-0.2, 0) is 22.6 Å². The average molecular weight is 322 g/mol. The van der Waals surface area contributed by atoms with Gasteiger partial charge in [0.05, 0.1) is 0 Å². The molecular formula is C16H26N4O3. The molecule has 1 atom stereocenters. The van der Waals surface area contributed by atoms with E-state index >= 15 is 0 Å². The van der Waals surface area contributed by atoms with Crippen molar-refractivity contribution in [3.05, 3.63) is 11.6 Å². The maximum Gasteiger partial charge on any atom is 0.319 e. The second-order valence-corrected chi connectivity index (χ2v) is 6.54. The van der Waals surface area contributed by atoms with E-state index in [-0.39, 0.29) is 30.7 Å². The molecule has 0 radical (unpaired) electrons. The molecule has 128 valence electrons. The fourth-order valence-electron chi connectivity index (χ4n) is 3.19. The number of carbonyl (C=O) groups excluding carboxylic acids is 1. The van der Waals surface area contributed by atoms with Gasteiger partial charge in [0, 0.05) is 24.9 Å². The van der Waals surface area contributed by atoms with E-state index < -0.39 is 11.4 Å². The molecule has 0 fully saturated rings. The molecule has 1 aliphatic heterocycles. The smallest absolute Gasteiger partial charge is 0.319 e. The summed E-state index contributed by atoms with van der Waals surface area (Å²) in [5.74, 6) is 0.672. The predicted octanol–water partition coefficient (Wildman–Crippen LogP) is 1.72. The predicted molar refractivity (Wildman–Crippen MR) is 85.0 cm³/mol. The van der Waals surface area contributed by atoms with Crippen LogP contribution >= 0.6 is 0 Å². The molecule has 0 bridgehead atoms. The fraction of sp³-hybridized carbons (Fsp3) is 0.750. The lowest BCUT2D eigenvalue weighted by Crippen LogP contribution is -2.51. The van der Waals surface area contributed by atoms with Gasteiger partial charge in [-0.05, 0) is 19.3 Å². The monoisotopic (exact) mass is 322 g/mol. The number of carbonyl (C=O) groups is 2. The van der Waals surface area contributed by atoms with Crippen molar-refractivity contribution in [3.8, 4) is 0 Å². The Hall–Kier alpha value is -1.92. The highest BCUT2D eigenvalue weighted by Gasteiger charge is 2.43. The number of amides is 1. The minimum atomic E-state index is -1.34. The van der Waals surface area contributed by atoms with Crippen LogP contribution in [0.15, 0.2) is 0 Å². The zero-order chi connectivity index (χ0) is 17.2. The standard InChI is InChI=1S/C16H26N4O3/c1-5-16(6-2,15(22)23)14(21)17-11-7-8-12-18-19-13(10(3)4)20(12)9-11/h10-11H,5-9H2,1-4H3,(H,17,21)(H,22,23). The van der Waals surface area contributed by atoms with E-state index in [4.69, 9.17) is 0 Å². The van der Waals surface area contributed by atoms with E-state index in [0.717, 1.165) is 24.5 Å². The maximum absolute atomic E-state index is 12.6. The van der Waals surface area contributed by atoms with Gasteiger partial charge in [0.1, 0.15) is 17.1 Å². The van der Waals surface area contributed by atoms with Crippen molar-refractivity contribution in [2.24, 2.45) is 5.41 Å². The third-order valence-corrected chi connectivity index (χ3v) is 4.88. The van der Waals surface area contributed by atoms with Gasteiger partial charge in [-0.3, -0.25) is 9.59 Å². The maximum atomic E-state index is 12.6. The quantitative estimate of drug-likeness (QED) is 0.777. The Balaban J connectivity index is 2.14. The molecule has 2 heterocycles. The molecule has 1 amide bonds. The number of aromatic nitrogens is 3. The molecule has 0 spiro atoms. The lowest BCUT2D eigenvalue weighted by Gasteiger charge is -2.31. The van der Waals surface area contributed by atoms with E-state index in [1.54, 1.807) is 13.8 Å². The third-order valence-electron chi connectivity index (χ3n) is 4.88. The van der Waals surface area contributed by atoms with Gasteiger partial charge in [-0.25, -0.2) is 0 Å². The van der Waals surface area contributed by atoms with Crippen LogP contribution in [0.1, 0.15) is 64.5 Å². The van der Waals surface area contributed by atoms with Crippen LogP contribution in [0.4, 0.5) is 0 Å². The summed E-state index contributed by atoms with van der Waals surface area (Å²) in [5.41, 5.74) is -1.34. The number of hydrogen-bond acceptors (Lipinski definition) is 4. The molecule has 0 saturated heterocycles. The molecule has 1 aromatic rings. The molecule has 1 unspecified atom stereocenters. The summed E-state index contributed by atoms with van der Waals surface area (Å²) in [5, 5.41) is 20.9. The summed E-state index contributed by atoms with van der Waals surface area (Å²) in [4.78, 5) is 24.2. The summed E-state index contributed by atoms with van der Waals surface area (Å²) in [7, 11) is 0. The summed E-state index contributed by atoms with van der Waals surface area (Å²) >= 11 is 0. The van der Waals surface area contributed by atoms with Crippen molar-refractivity contribution in [3.63, 3.8) is 0 Å². The number of nitrogens with one attached hydrogen (secondary N) is 1. The average Bonchev–Trinajstić information content (AvgIpc) is 2.92. The molecule has 7 nitrogen and oxygen atoms in total. The number of fused-ring (bicyclic) bond motifs is 1. The van der Waals surface area contributed by atoms with Gasteiger partial charge < -0.3 is 15.0 Å². The number of nitrogens with zero attached hydrogens (tertiary/aromatic N) is 3. The van der Waals surface area contributed by atoms with Crippen molar-refractivity contribution in [2.45, 2.75) is 71.9 Å². The highest BCUT2D eigenvalue weighted by molar-refractivity contribution is 6.01. The van der Waals surface area contributed by atoms with Gasteiger partial charge in [0.15, 0.2) is 0 Å². The summed E-state index contributed by atoms with van der Waals surface area (Å²) in [6, 6.07) is -0.0830. The van der Waals surface area contributed by atoms with E-state index in [2.05, 4.69) is 33.9 Å². The minimum Gasteiger partial charge on any atom is -0.480 e. The zero-order valence-corrected chi connectivity index (χ0v) is 14.3. The minimum absolute atomic E-state index is 0.0830. The van der Waals surface area contributed by atoms with Gasteiger partial charge in [0.2, 0.25) is 5.91 Å². The second kappa shape index (κ2) is 6.68. The molecule has 2 rings (SSSR count). The Morgan fingerprint density at radius 1 is 1.35 bits per heavy atom.